The predicted octanol–water partition coefficient (Wildman–Crippen LogP) is 4.20. The second-order valence-electron chi connectivity index (χ2n) is 7.39. The number of amides is 1. The second kappa shape index (κ2) is 7.24. The Morgan fingerprint density at radius 3 is 2.69 bits per heavy atom. The fraction of sp³-hybridized carbons (Fsp3) is 0.318. The van der Waals surface area contributed by atoms with Gasteiger partial charge in [0, 0.05) is 18.5 Å². The van der Waals surface area contributed by atoms with Crippen LogP contribution in [0.3, 0.4) is 0 Å². The van der Waals surface area contributed by atoms with Crippen LogP contribution in [0, 0.1) is 6.92 Å². The summed E-state index contributed by atoms with van der Waals surface area (Å²) >= 11 is 0. The zero-order valence-electron chi connectivity index (χ0n) is 16.3. The Hall–Kier alpha value is -3.35. The summed E-state index contributed by atoms with van der Waals surface area (Å²) in [7, 11) is 0. The highest BCUT2D eigenvalue weighted by Gasteiger charge is 2.23. The highest BCUT2D eigenvalue weighted by molar-refractivity contribution is 6.07. The van der Waals surface area contributed by atoms with Gasteiger partial charge in [0.2, 0.25) is 5.82 Å². The average Bonchev–Trinajstić information content (AvgIpc) is 3.35. The van der Waals surface area contributed by atoms with Gasteiger partial charge < -0.3 is 19.1 Å². The van der Waals surface area contributed by atoms with Crippen LogP contribution in [0.5, 0.6) is 0 Å². The average molecular weight is 390 g/mol. The lowest BCUT2D eigenvalue weighted by Gasteiger charge is -2.27. The summed E-state index contributed by atoms with van der Waals surface area (Å²) in [5.41, 5.74) is 2.07. The molecule has 0 unspecified atom stereocenters. The number of piperidine rings is 1. The van der Waals surface area contributed by atoms with Gasteiger partial charge in [-0.25, -0.2) is 9.97 Å². The van der Waals surface area contributed by atoms with Gasteiger partial charge in [-0.3, -0.25) is 4.79 Å². The first-order valence-corrected chi connectivity index (χ1v) is 9.97. The maximum atomic E-state index is 12.8. The Labute approximate surface area is 167 Å². The van der Waals surface area contributed by atoms with Gasteiger partial charge in [0.15, 0.2) is 11.4 Å². The lowest BCUT2D eigenvalue weighted by Crippen LogP contribution is -2.32. The molecule has 4 aromatic rings. The summed E-state index contributed by atoms with van der Waals surface area (Å²) in [6.45, 7) is 3.96. The van der Waals surface area contributed by atoms with E-state index in [9.17, 15) is 4.79 Å². The number of furan rings is 2. The van der Waals surface area contributed by atoms with Crippen molar-refractivity contribution in [2.24, 2.45) is 0 Å². The topological polar surface area (TPSA) is 84.4 Å². The van der Waals surface area contributed by atoms with E-state index >= 15 is 0 Å². The number of aryl methyl sites for hydroxylation is 1. The van der Waals surface area contributed by atoms with Crippen molar-refractivity contribution in [2.75, 3.05) is 18.0 Å². The number of nitrogens with zero attached hydrogens (tertiary/aromatic N) is 3. The summed E-state index contributed by atoms with van der Waals surface area (Å²) < 4.78 is 11.6. The number of nitrogens with one attached hydrogen (secondary N) is 1. The summed E-state index contributed by atoms with van der Waals surface area (Å²) in [6.07, 6.45) is 3.41. The molecule has 7 nitrogen and oxygen atoms in total. The monoisotopic (exact) mass is 390 g/mol. The molecule has 1 aliphatic rings. The first kappa shape index (κ1) is 17.7. The number of carbonyl (C=O) groups is 1. The molecule has 1 saturated heterocycles. The Kier molecular flexibility index (Phi) is 4.42. The van der Waals surface area contributed by atoms with Crippen molar-refractivity contribution < 1.29 is 13.6 Å². The molecule has 0 atom stereocenters. The van der Waals surface area contributed by atoms with E-state index in [2.05, 4.69) is 20.2 Å². The number of hydrogen-bond donors (Lipinski definition) is 1. The summed E-state index contributed by atoms with van der Waals surface area (Å²) in [5.74, 6) is 2.02. The number of benzene rings is 1. The third-order valence-electron chi connectivity index (χ3n) is 5.28. The first-order chi connectivity index (χ1) is 14.2. The Balaban J connectivity index is 1.55. The van der Waals surface area contributed by atoms with Crippen LogP contribution in [0.4, 0.5) is 5.82 Å². The molecule has 7 heteroatoms. The molecule has 0 aliphatic carbocycles. The molecule has 1 amide bonds. The van der Waals surface area contributed by atoms with Gasteiger partial charge >= 0.3 is 0 Å². The van der Waals surface area contributed by atoms with Crippen LogP contribution in [-0.4, -0.2) is 29.0 Å². The molecule has 1 aromatic carbocycles. The third-order valence-corrected chi connectivity index (χ3v) is 5.28. The highest BCUT2D eigenvalue weighted by Crippen LogP contribution is 2.33. The van der Waals surface area contributed by atoms with E-state index in [4.69, 9.17) is 8.83 Å². The maximum absolute atomic E-state index is 12.8. The summed E-state index contributed by atoms with van der Waals surface area (Å²) in [5, 5.41) is 3.74. The lowest BCUT2D eigenvalue weighted by atomic mass is 10.1. The van der Waals surface area contributed by atoms with Crippen LogP contribution < -0.4 is 10.2 Å². The van der Waals surface area contributed by atoms with Gasteiger partial charge in [0.05, 0.1) is 6.54 Å². The van der Waals surface area contributed by atoms with Gasteiger partial charge in [-0.05, 0) is 50.5 Å². The number of para-hydroxylation sites is 1. The maximum Gasteiger partial charge on any atom is 0.289 e. The number of aromatic nitrogens is 2. The molecule has 4 heterocycles. The Morgan fingerprint density at radius 2 is 1.90 bits per heavy atom. The van der Waals surface area contributed by atoms with Crippen molar-refractivity contribution in [2.45, 2.75) is 32.7 Å². The van der Waals surface area contributed by atoms with E-state index in [1.54, 1.807) is 0 Å². The molecule has 0 spiro atoms. The van der Waals surface area contributed by atoms with Crippen LogP contribution in [0.25, 0.3) is 22.1 Å². The predicted molar refractivity (Wildman–Crippen MR) is 110 cm³/mol. The van der Waals surface area contributed by atoms with E-state index < -0.39 is 0 Å². The number of hydrogen-bond acceptors (Lipinski definition) is 6. The van der Waals surface area contributed by atoms with Gasteiger partial charge in [0.25, 0.3) is 5.91 Å². The van der Waals surface area contributed by atoms with Crippen LogP contribution in [-0.2, 0) is 6.54 Å². The van der Waals surface area contributed by atoms with Crippen molar-refractivity contribution >= 4 is 33.8 Å². The van der Waals surface area contributed by atoms with Crippen molar-refractivity contribution in [3.63, 3.8) is 0 Å². The minimum absolute atomic E-state index is 0.146. The van der Waals surface area contributed by atoms with Gasteiger partial charge in [-0.2, -0.15) is 0 Å². The lowest BCUT2D eigenvalue weighted by molar-refractivity contribution is 0.0938. The molecular formula is C22H22N4O3. The molecule has 1 aliphatic heterocycles. The third kappa shape index (κ3) is 3.33. The minimum Gasteiger partial charge on any atom is -0.465 e. The molecule has 3 aromatic heterocycles. The quantitative estimate of drug-likeness (QED) is 0.562. The number of anilines is 1. The number of fused-ring (bicyclic) bond motifs is 3. The van der Waals surface area contributed by atoms with E-state index in [1.165, 1.54) is 6.42 Å². The molecule has 1 fully saturated rings. The van der Waals surface area contributed by atoms with Crippen molar-refractivity contribution in [3.8, 4) is 0 Å². The molecule has 0 bridgehead atoms. The zero-order chi connectivity index (χ0) is 19.8. The van der Waals surface area contributed by atoms with E-state index in [1.807, 2.05) is 43.3 Å². The minimum atomic E-state index is -0.329. The highest BCUT2D eigenvalue weighted by atomic mass is 16.3. The molecule has 148 valence electrons. The van der Waals surface area contributed by atoms with E-state index in [0.29, 0.717) is 29.2 Å². The molecule has 0 radical (unpaired) electrons. The Bertz CT molecular complexity index is 1190. The van der Waals surface area contributed by atoms with Crippen LogP contribution >= 0.6 is 0 Å². The van der Waals surface area contributed by atoms with Crippen LogP contribution in [0.1, 0.15) is 41.4 Å². The van der Waals surface area contributed by atoms with E-state index in [0.717, 1.165) is 42.7 Å². The van der Waals surface area contributed by atoms with Crippen molar-refractivity contribution in [1.82, 2.24) is 15.3 Å². The molecule has 1 N–H and O–H groups in total. The standard InChI is InChI=1S/C22H22N4O3/c1-14-9-10-15(28-14)13-23-22(27)20-24-18-16-7-3-4-8-17(16)29-19(18)21(25-20)26-11-5-2-6-12-26/h3-4,7-10H,2,5-6,11-13H2,1H3,(H,23,27). The Morgan fingerprint density at radius 1 is 1.07 bits per heavy atom. The van der Waals surface area contributed by atoms with Gasteiger partial charge in [-0.15, -0.1) is 0 Å². The zero-order valence-corrected chi connectivity index (χ0v) is 16.3. The van der Waals surface area contributed by atoms with Crippen LogP contribution in [0.2, 0.25) is 0 Å². The van der Waals surface area contributed by atoms with Gasteiger partial charge in [0.1, 0.15) is 22.6 Å². The normalized spacial score (nSPS) is 14.6. The fourth-order valence-electron chi connectivity index (χ4n) is 3.82. The smallest absolute Gasteiger partial charge is 0.289 e. The molecule has 0 saturated carbocycles. The van der Waals surface area contributed by atoms with Crippen molar-refractivity contribution in [1.29, 1.82) is 0 Å². The van der Waals surface area contributed by atoms with Gasteiger partial charge in [-0.1, -0.05) is 12.1 Å². The molecule has 5 rings (SSSR count). The summed E-state index contributed by atoms with van der Waals surface area (Å²) in [4.78, 5) is 24.2. The first-order valence-electron chi connectivity index (χ1n) is 9.97. The SMILES string of the molecule is Cc1ccc(CNC(=O)c2nc(N3CCCCC3)c3oc4ccccc4c3n2)o1. The largest absolute Gasteiger partial charge is 0.465 e. The fourth-order valence-corrected chi connectivity index (χ4v) is 3.82. The van der Waals surface area contributed by atoms with Crippen LogP contribution in [0.15, 0.2) is 45.2 Å². The molecular weight excluding hydrogens is 368 g/mol. The summed E-state index contributed by atoms with van der Waals surface area (Å²) in [6, 6.07) is 11.5. The number of carbonyl (C=O) groups excluding carboxylic acids is 1. The van der Waals surface area contributed by atoms with E-state index in [-0.39, 0.29) is 11.7 Å². The molecule has 29 heavy (non-hydrogen) atoms. The van der Waals surface area contributed by atoms with Crippen molar-refractivity contribution in [3.05, 3.63) is 53.7 Å². The number of rotatable bonds is 4. The second-order valence-corrected chi connectivity index (χ2v) is 7.39.